The van der Waals surface area contributed by atoms with Crippen LogP contribution < -0.4 is 0 Å². The first-order valence-electron chi connectivity index (χ1n) is 8.21. The van der Waals surface area contributed by atoms with Gasteiger partial charge in [0, 0.05) is 32.3 Å². The van der Waals surface area contributed by atoms with E-state index in [1.165, 1.54) is 17.1 Å². The van der Waals surface area contributed by atoms with Crippen LogP contribution in [0, 0.1) is 19.8 Å². The molecule has 0 spiro atoms. The van der Waals surface area contributed by atoms with Gasteiger partial charge in [0.1, 0.15) is 10.6 Å². The van der Waals surface area contributed by atoms with Crippen LogP contribution in [-0.4, -0.2) is 54.9 Å². The molecule has 2 heterocycles. The molecule has 1 aliphatic carbocycles. The summed E-state index contributed by atoms with van der Waals surface area (Å²) >= 11 is 0. The average molecular weight is 353 g/mol. The number of sulfonamides is 1. The molecule has 2 fully saturated rings. The van der Waals surface area contributed by atoms with E-state index in [1.807, 2.05) is 6.92 Å². The number of rotatable bonds is 4. The average Bonchev–Trinajstić information content (AvgIpc) is 3.33. The minimum absolute atomic E-state index is 0.0196. The molecule has 1 saturated carbocycles. The molecular weight excluding hydrogens is 330 g/mol. The SMILES string of the molecule is C/C(=C\C(=O)N1CCN(S(=O)(=O)c2c(C)noc2C)CC1)C1CC1. The van der Waals surface area contributed by atoms with Crippen LogP contribution in [0.3, 0.4) is 0 Å². The molecule has 1 aliphatic heterocycles. The Morgan fingerprint density at radius 1 is 1.21 bits per heavy atom. The zero-order chi connectivity index (χ0) is 17.5. The third-order valence-electron chi connectivity index (χ3n) is 4.69. The highest BCUT2D eigenvalue weighted by molar-refractivity contribution is 7.89. The van der Waals surface area contributed by atoms with E-state index in [1.54, 1.807) is 24.8 Å². The maximum Gasteiger partial charge on any atom is 0.248 e. The molecule has 1 aromatic heterocycles. The molecule has 132 valence electrons. The van der Waals surface area contributed by atoms with E-state index < -0.39 is 10.0 Å². The first kappa shape index (κ1) is 17.2. The van der Waals surface area contributed by atoms with Gasteiger partial charge in [-0.25, -0.2) is 8.42 Å². The lowest BCUT2D eigenvalue weighted by atomic mass is 10.2. The number of hydrogen-bond donors (Lipinski definition) is 0. The minimum Gasteiger partial charge on any atom is -0.360 e. The molecule has 1 aromatic rings. The lowest BCUT2D eigenvalue weighted by Gasteiger charge is -2.33. The highest BCUT2D eigenvalue weighted by Crippen LogP contribution is 2.36. The Labute approximate surface area is 142 Å². The van der Waals surface area contributed by atoms with E-state index in [0.717, 1.165) is 5.57 Å². The number of nitrogens with zero attached hydrogens (tertiary/aromatic N) is 3. The van der Waals surface area contributed by atoms with Crippen molar-refractivity contribution in [3.63, 3.8) is 0 Å². The van der Waals surface area contributed by atoms with Crippen molar-refractivity contribution in [2.45, 2.75) is 38.5 Å². The number of aromatic nitrogens is 1. The standard InChI is InChI=1S/C16H23N3O4S/c1-11(14-4-5-14)10-15(20)18-6-8-19(9-7-18)24(21,22)16-12(2)17-23-13(16)3/h10,14H,4-9H2,1-3H3/b11-10+. The van der Waals surface area contributed by atoms with Crippen molar-refractivity contribution in [2.75, 3.05) is 26.2 Å². The summed E-state index contributed by atoms with van der Waals surface area (Å²) in [5.74, 6) is 0.845. The van der Waals surface area contributed by atoms with Gasteiger partial charge in [-0.1, -0.05) is 10.7 Å². The van der Waals surface area contributed by atoms with Crippen LogP contribution in [0.2, 0.25) is 0 Å². The lowest BCUT2D eigenvalue weighted by molar-refractivity contribution is -0.127. The number of carbonyl (C=O) groups is 1. The molecule has 3 rings (SSSR count). The summed E-state index contributed by atoms with van der Waals surface area (Å²) in [6.45, 7) is 6.58. The Balaban J connectivity index is 1.66. The predicted molar refractivity (Wildman–Crippen MR) is 87.8 cm³/mol. The number of allylic oxidation sites excluding steroid dienone is 1. The molecule has 0 radical (unpaired) electrons. The molecule has 0 aromatic carbocycles. The topological polar surface area (TPSA) is 83.7 Å². The van der Waals surface area contributed by atoms with Gasteiger partial charge in [0.15, 0.2) is 5.76 Å². The fourth-order valence-corrected chi connectivity index (χ4v) is 4.78. The summed E-state index contributed by atoms with van der Waals surface area (Å²) in [6.07, 6.45) is 4.04. The van der Waals surface area contributed by atoms with E-state index in [-0.39, 0.29) is 23.9 Å². The zero-order valence-electron chi connectivity index (χ0n) is 14.3. The molecule has 1 saturated heterocycles. The van der Waals surface area contributed by atoms with Crippen molar-refractivity contribution < 1.29 is 17.7 Å². The van der Waals surface area contributed by atoms with Gasteiger partial charge < -0.3 is 9.42 Å². The normalized spacial score (nSPS) is 20.5. The van der Waals surface area contributed by atoms with Crippen molar-refractivity contribution in [1.82, 2.24) is 14.4 Å². The molecular formula is C16H23N3O4S. The Morgan fingerprint density at radius 2 is 1.83 bits per heavy atom. The van der Waals surface area contributed by atoms with Crippen LogP contribution >= 0.6 is 0 Å². The third kappa shape index (κ3) is 3.25. The van der Waals surface area contributed by atoms with Gasteiger partial charge in [-0.05, 0) is 39.5 Å². The molecule has 8 heteroatoms. The first-order chi connectivity index (χ1) is 11.3. The van der Waals surface area contributed by atoms with E-state index in [0.29, 0.717) is 30.5 Å². The lowest BCUT2D eigenvalue weighted by Crippen LogP contribution is -2.50. The van der Waals surface area contributed by atoms with Crippen molar-refractivity contribution >= 4 is 15.9 Å². The molecule has 0 bridgehead atoms. The predicted octanol–water partition coefficient (Wildman–Crippen LogP) is 1.48. The molecule has 0 N–H and O–H groups in total. The summed E-state index contributed by atoms with van der Waals surface area (Å²) < 4.78 is 31.9. The summed E-state index contributed by atoms with van der Waals surface area (Å²) in [5, 5.41) is 3.72. The van der Waals surface area contributed by atoms with Gasteiger partial charge in [-0.3, -0.25) is 4.79 Å². The highest BCUT2D eigenvalue weighted by Gasteiger charge is 2.34. The van der Waals surface area contributed by atoms with E-state index >= 15 is 0 Å². The summed E-state index contributed by atoms with van der Waals surface area (Å²) in [5.41, 5.74) is 1.50. The van der Waals surface area contributed by atoms with Crippen molar-refractivity contribution in [3.05, 3.63) is 23.1 Å². The molecule has 0 atom stereocenters. The second-order valence-corrected chi connectivity index (χ2v) is 8.42. The molecule has 2 aliphatic rings. The van der Waals surface area contributed by atoms with Crippen LogP contribution in [0.5, 0.6) is 0 Å². The molecule has 7 nitrogen and oxygen atoms in total. The fraction of sp³-hybridized carbons (Fsp3) is 0.625. The van der Waals surface area contributed by atoms with Crippen LogP contribution in [0.1, 0.15) is 31.2 Å². The monoisotopic (exact) mass is 353 g/mol. The van der Waals surface area contributed by atoms with Gasteiger partial charge in [0.05, 0.1) is 0 Å². The van der Waals surface area contributed by atoms with E-state index in [2.05, 4.69) is 5.16 Å². The Bertz CT molecular complexity index is 750. The fourth-order valence-electron chi connectivity index (χ4n) is 3.06. The van der Waals surface area contributed by atoms with Gasteiger partial charge in [-0.15, -0.1) is 0 Å². The summed E-state index contributed by atoms with van der Waals surface area (Å²) in [6, 6.07) is 0. The largest absolute Gasteiger partial charge is 0.360 e. The number of aryl methyl sites for hydroxylation is 2. The summed E-state index contributed by atoms with van der Waals surface area (Å²) in [4.78, 5) is 14.1. The van der Waals surface area contributed by atoms with Gasteiger partial charge in [0.25, 0.3) is 0 Å². The highest BCUT2D eigenvalue weighted by atomic mass is 32.2. The Hall–Kier alpha value is -1.67. The number of amides is 1. The van der Waals surface area contributed by atoms with Crippen LogP contribution in [0.25, 0.3) is 0 Å². The molecule has 1 amide bonds. The first-order valence-corrected chi connectivity index (χ1v) is 9.65. The smallest absolute Gasteiger partial charge is 0.248 e. The number of carbonyl (C=O) groups excluding carboxylic acids is 1. The maximum atomic E-state index is 12.8. The Morgan fingerprint density at radius 3 is 2.33 bits per heavy atom. The molecule has 24 heavy (non-hydrogen) atoms. The van der Waals surface area contributed by atoms with Crippen LogP contribution in [-0.2, 0) is 14.8 Å². The van der Waals surface area contributed by atoms with Crippen molar-refractivity contribution in [1.29, 1.82) is 0 Å². The quantitative estimate of drug-likeness (QED) is 0.766. The summed E-state index contributed by atoms with van der Waals surface area (Å²) in [7, 11) is -3.63. The van der Waals surface area contributed by atoms with Gasteiger partial charge in [-0.2, -0.15) is 4.31 Å². The second kappa shape index (κ2) is 6.33. The van der Waals surface area contributed by atoms with Crippen LogP contribution in [0.15, 0.2) is 21.1 Å². The van der Waals surface area contributed by atoms with Crippen molar-refractivity contribution in [3.8, 4) is 0 Å². The van der Waals surface area contributed by atoms with E-state index in [9.17, 15) is 13.2 Å². The minimum atomic E-state index is -3.63. The van der Waals surface area contributed by atoms with E-state index in [4.69, 9.17) is 4.52 Å². The molecule has 0 unspecified atom stereocenters. The zero-order valence-corrected chi connectivity index (χ0v) is 15.1. The van der Waals surface area contributed by atoms with Crippen molar-refractivity contribution in [2.24, 2.45) is 5.92 Å². The number of piperazine rings is 1. The van der Waals surface area contributed by atoms with Gasteiger partial charge >= 0.3 is 0 Å². The maximum absolute atomic E-state index is 12.8. The second-order valence-electron chi connectivity index (χ2n) is 6.55. The van der Waals surface area contributed by atoms with Gasteiger partial charge in [0.2, 0.25) is 15.9 Å². The number of hydrogen-bond acceptors (Lipinski definition) is 5. The van der Waals surface area contributed by atoms with Crippen LogP contribution in [0.4, 0.5) is 0 Å². The third-order valence-corrected chi connectivity index (χ3v) is 6.83. The Kier molecular flexibility index (Phi) is 4.52.